The maximum absolute atomic E-state index is 12.6. The number of amides is 1. The summed E-state index contributed by atoms with van der Waals surface area (Å²) in [4.78, 5) is 28.6. The Morgan fingerprint density at radius 1 is 1.03 bits per heavy atom. The largest absolute Gasteiger partial charge is 0.464 e. The minimum absolute atomic E-state index is 0.252. The van der Waals surface area contributed by atoms with Crippen LogP contribution in [-0.2, 0) is 20.7 Å². The highest BCUT2D eigenvalue weighted by Crippen LogP contribution is 2.27. The number of nitrogens with zero attached hydrogens (tertiary/aromatic N) is 1. The molecule has 0 spiro atoms. The molecule has 7 heteroatoms. The molecule has 0 aliphatic carbocycles. The fourth-order valence-electron chi connectivity index (χ4n) is 3.64. The van der Waals surface area contributed by atoms with Crippen LogP contribution < -0.4 is 10.1 Å². The first-order valence-electron chi connectivity index (χ1n) is 11.1. The van der Waals surface area contributed by atoms with E-state index in [9.17, 15) is 9.59 Å². The van der Waals surface area contributed by atoms with E-state index in [4.69, 9.17) is 13.9 Å². The van der Waals surface area contributed by atoms with Crippen molar-refractivity contribution in [2.75, 3.05) is 6.61 Å². The first-order valence-corrected chi connectivity index (χ1v) is 11.1. The predicted octanol–water partition coefficient (Wildman–Crippen LogP) is 5.22. The molecule has 3 aromatic rings. The van der Waals surface area contributed by atoms with Crippen molar-refractivity contribution in [3.63, 3.8) is 0 Å². The number of carbonyl (C=O) groups excluding carboxylic acids is 2. The standard InChI is InChI=1S/C26H30N2O5/c1-5-26(28-18(3)29,25(30)31-6-2)16-15-20-7-11-22(12-8-20)33-23-13-9-21(10-14-23)24-17-32-19(4)27-24/h7-14,17H,5-6,15-16H2,1-4H3,(H,28,29). The summed E-state index contributed by atoms with van der Waals surface area (Å²) >= 11 is 0. The van der Waals surface area contributed by atoms with Crippen LogP contribution in [-0.4, -0.2) is 29.0 Å². The highest BCUT2D eigenvalue weighted by atomic mass is 16.5. The Labute approximate surface area is 194 Å². The number of rotatable bonds is 10. The van der Waals surface area contributed by atoms with Gasteiger partial charge in [-0.3, -0.25) is 4.79 Å². The van der Waals surface area contributed by atoms with E-state index in [2.05, 4.69) is 10.3 Å². The molecule has 33 heavy (non-hydrogen) atoms. The molecule has 0 saturated heterocycles. The van der Waals surface area contributed by atoms with Crippen molar-refractivity contribution < 1.29 is 23.5 Å². The van der Waals surface area contributed by atoms with Crippen molar-refractivity contribution in [3.05, 3.63) is 66.2 Å². The molecule has 7 nitrogen and oxygen atoms in total. The SMILES string of the molecule is CCOC(=O)C(CC)(CCc1ccc(Oc2ccc(-c3coc(C)n3)cc2)cc1)NC(C)=O. The summed E-state index contributed by atoms with van der Waals surface area (Å²) in [6.07, 6.45) is 3.14. The molecule has 0 aliphatic heterocycles. The summed E-state index contributed by atoms with van der Waals surface area (Å²) in [7, 11) is 0. The van der Waals surface area contributed by atoms with Crippen molar-refractivity contribution in [1.29, 1.82) is 0 Å². The number of nitrogens with one attached hydrogen (secondary N) is 1. The Balaban J connectivity index is 1.63. The lowest BCUT2D eigenvalue weighted by molar-refractivity contribution is -0.153. The minimum atomic E-state index is -1.03. The van der Waals surface area contributed by atoms with Crippen LogP contribution in [0.5, 0.6) is 11.5 Å². The quantitative estimate of drug-likeness (QED) is 0.426. The molecule has 0 radical (unpaired) electrons. The lowest BCUT2D eigenvalue weighted by Gasteiger charge is -2.31. The highest BCUT2D eigenvalue weighted by molar-refractivity contribution is 5.87. The van der Waals surface area contributed by atoms with Gasteiger partial charge in [0.05, 0.1) is 6.61 Å². The number of oxazole rings is 1. The second-order valence-electron chi connectivity index (χ2n) is 7.86. The number of hydrogen-bond acceptors (Lipinski definition) is 6. The Hall–Kier alpha value is -3.61. The van der Waals surface area contributed by atoms with Crippen LogP contribution in [0, 0.1) is 6.92 Å². The fraction of sp³-hybridized carbons (Fsp3) is 0.346. The molecule has 3 rings (SSSR count). The minimum Gasteiger partial charge on any atom is -0.464 e. The third-order valence-corrected chi connectivity index (χ3v) is 5.45. The fourth-order valence-corrected chi connectivity index (χ4v) is 3.64. The number of aryl methyl sites for hydroxylation is 2. The van der Waals surface area contributed by atoms with Gasteiger partial charge in [-0.1, -0.05) is 19.1 Å². The lowest BCUT2D eigenvalue weighted by Crippen LogP contribution is -2.54. The summed E-state index contributed by atoms with van der Waals surface area (Å²) < 4.78 is 16.4. The first kappa shape index (κ1) is 24.0. The number of benzene rings is 2. The molecule has 1 unspecified atom stereocenters. The maximum atomic E-state index is 12.6. The smallest absolute Gasteiger partial charge is 0.331 e. The van der Waals surface area contributed by atoms with E-state index >= 15 is 0 Å². The molecular formula is C26H30N2O5. The number of carbonyl (C=O) groups is 2. The van der Waals surface area contributed by atoms with E-state index in [-0.39, 0.29) is 12.5 Å². The summed E-state index contributed by atoms with van der Waals surface area (Å²) in [6.45, 7) is 7.12. The highest BCUT2D eigenvalue weighted by Gasteiger charge is 2.38. The van der Waals surface area contributed by atoms with Gasteiger partial charge in [-0.25, -0.2) is 9.78 Å². The van der Waals surface area contributed by atoms with Crippen molar-refractivity contribution in [3.8, 4) is 22.8 Å². The molecule has 2 aromatic carbocycles. The Morgan fingerprint density at radius 2 is 1.67 bits per heavy atom. The molecule has 1 heterocycles. The van der Waals surface area contributed by atoms with E-state index in [0.717, 1.165) is 16.8 Å². The van der Waals surface area contributed by atoms with E-state index in [1.54, 1.807) is 13.2 Å². The topological polar surface area (TPSA) is 90.7 Å². The van der Waals surface area contributed by atoms with Gasteiger partial charge in [0.25, 0.3) is 0 Å². The summed E-state index contributed by atoms with van der Waals surface area (Å²) in [5.74, 6) is 1.40. The molecule has 1 N–H and O–H groups in total. The number of hydrogen-bond donors (Lipinski definition) is 1. The van der Waals surface area contributed by atoms with Crippen LogP contribution in [0.1, 0.15) is 45.1 Å². The van der Waals surface area contributed by atoms with Crippen molar-refractivity contribution in [2.45, 2.75) is 52.5 Å². The number of esters is 1. The number of ether oxygens (including phenoxy) is 2. The van der Waals surface area contributed by atoms with Gasteiger partial charge in [0.1, 0.15) is 29.0 Å². The second-order valence-corrected chi connectivity index (χ2v) is 7.86. The monoisotopic (exact) mass is 450 g/mol. The Bertz CT molecular complexity index is 1070. The van der Waals surface area contributed by atoms with E-state index in [1.165, 1.54) is 6.92 Å². The molecule has 1 aromatic heterocycles. The average molecular weight is 451 g/mol. The molecule has 174 valence electrons. The van der Waals surface area contributed by atoms with Crippen LogP contribution in [0.2, 0.25) is 0 Å². The van der Waals surface area contributed by atoms with Gasteiger partial charge in [-0.05, 0) is 68.1 Å². The first-order chi connectivity index (χ1) is 15.8. The third-order valence-electron chi connectivity index (χ3n) is 5.45. The zero-order valence-corrected chi connectivity index (χ0v) is 19.5. The Kier molecular flexibility index (Phi) is 7.87. The van der Waals surface area contributed by atoms with Gasteiger partial charge in [0.15, 0.2) is 5.89 Å². The molecule has 0 aliphatic rings. The van der Waals surface area contributed by atoms with Crippen LogP contribution in [0.15, 0.2) is 59.2 Å². The second kappa shape index (κ2) is 10.8. The van der Waals surface area contributed by atoms with E-state index in [1.807, 2.05) is 62.4 Å². The Morgan fingerprint density at radius 3 is 2.18 bits per heavy atom. The van der Waals surface area contributed by atoms with E-state index < -0.39 is 11.5 Å². The molecule has 0 fully saturated rings. The van der Waals surface area contributed by atoms with Gasteiger partial charge in [0, 0.05) is 19.4 Å². The predicted molar refractivity (Wildman–Crippen MR) is 125 cm³/mol. The van der Waals surface area contributed by atoms with Crippen molar-refractivity contribution >= 4 is 11.9 Å². The zero-order chi connectivity index (χ0) is 23.8. The van der Waals surface area contributed by atoms with Gasteiger partial charge in [0.2, 0.25) is 5.91 Å². The number of aromatic nitrogens is 1. The van der Waals surface area contributed by atoms with Crippen LogP contribution in [0.3, 0.4) is 0 Å². The third kappa shape index (κ3) is 6.22. The summed E-state index contributed by atoms with van der Waals surface area (Å²) in [5, 5.41) is 2.81. The van der Waals surface area contributed by atoms with Gasteiger partial charge in [-0.15, -0.1) is 0 Å². The van der Waals surface area contributed by atoms with Crippen molar-refractivity contribution in [1.82, 2.24) is 10.3 Å². The lowest BCUT2D eigenvalue weighted by atomic mass is 9.88. The molecule has 0 saturated carbocycles. The molecule has 0 bridgehead atoms. The molecule has 1 amide bonds. The maximum Gasteiger partial charge on any atom is 0.331 e. The van der Waals surface area contributed by atoms with Crippen LogP contribution in [0.25, 0.3) is 11.3 Å². The van der Waals surface area contributed by atoms with E-state index in [0.29, 0.717) is 36.7 Å². The van der Waals surface area contributed by atoms with Crippen LogP contribution in [0.4, 0.5) is 0 Å². The van der Waals surface area contributed by atoms with Crippen molar-refractivity contribution in [2.24, 2.45) is 0 Å². The van der Waals surface area contributed by atoms with Gasteiger partial charge >= 0.3 is 5.97 Å². The molecular weight excluding hydrogens is 420 g/mol. The normalized spacial score (nSPS) is 12.6. The summed E-state index contributed by atoms with van der Waals surface area (Å²) in [5.41, 5.74) is 1.75. The molecule has 1 atom stereocenters. The van der Waals surface area contributed by atoms with Gasteiger partial charge in [-0.2, -0.15) is 0 Å². The summed E-state index contributed by atoms with van der Waals surface area (Å²) in [6, 6.07) is 15.3. The zero-order valence-electron chi connectivity index (χ0n) is 19.5. The van der Waals surface area contributed by atoms with Crippen LogP contribution >= 0.6 is 0 Å². The average Bonchev–Trinajstić information content (AvgIpc) is 3.24. The van der Waals surface area contributed by atoms with Gasteiger partial charge < -0.3 is 19.2 Å².